The molecular formula is C5H12N2. The van der Waals surface area contributed by atoms with Crippen LogP contribution < -0.4 is 10.9 Å². The fourth-order valence-electron chi connectivity index (χ4n) is 0.757. The third-order valence-corrected chi connectivity index (χ3v) is 1.45. The zero-order chi connectivity index (χ0) is 5.11. The molecule has 0 unspecified atom stereocenters. The molecule has 0 saturated heterocycles. The SMILES string of the molecule is CNNC1CCC1. The number of hydrazine groups is 1. The van der Waals surface area contributed by atoms with Gasteiger partial charge in [0.05, 0.1) is 0 Å². The quantitative estimate of drug-likeness (QED) is 0.486. The summed E-state index contributed by atoms with van der Waals surface area (Å²) in [6.45, 7) is 0. The fourth-order valence-corrected chi connectivity index (χ4v) is 0.757. The van der Waals surface area contributed by atoms with Crippen molar-refractivity contribution in [1.82, 2.24) is 10.9 Å². The third-order valence-electron chi connectivity index (χ3n) is 1.45. The molecule has 0 bridgehead atoms. The second-order valence-corrected chi connectivity index (χ2v) is 2.02. The van der Waals surface area contributed by atoms with Crippen LogP contribution in [0.2, 0.25) is 0 Å². The molecule has 0 spiro atoms. The van der Waals surface area contributed by atoms with E-state index >= 15 is 0 Å². The topological polar surface area (TPSA) is 24.1 Å². The molecule has 0 aromatic heterocycles. The maximum absolute atomic E-state index is 3.13. The van der Waals surface area contributed by atoms with Gasteiger partial charge in [0.15, 0.2) is 0 Å². The highest BCUT2D eigenvalue weighted by Crippen LogP contribution is 2.16. The van der Waals surface area contributed by atoms with Gasteiger partial charge in [-0.1, -0.05) is 6.42 Å². The van der Waals surface area contributed by atoms with Crippen LogP contribution in [0.15, 0.2) is 0 Å². The van der Waals surface area contributed by atoms with Crippen LogP contribution in [0.5, 0.6) is 0 Å². The Kier molecular flexibility index (Phi) is 1.65. The van der Waals surface area contributed by atoms with Crippen molar-refractivity contribution in [2.45, 2.75) is 25.3 Å². The van der Waals surface area contributed by atoms with E-state index in [1.165, 1.54) is 19.3 Å². The molecular weight excluding hydrogens is 88.1 g/mol. The summed E-state index contributed by atoms with van der Waals surface area (Å²) in [6, 6.07) is 0.769. The summed E-state index contributed by atoms with van der Waals surface area (Å²) in [5.74, 6) is 0. The van der Waals surface area contributed by atoms with Crippen molar-refractivity contribution in [2.75, 3.05) is 7.05 Å². The Bertz CT molecular complexity index is 50.0. The molecule has 42 valence electrons. The first-order valence-corrected chi connectivity index (χ1v) is 2.86. The summed E-state index contributed by atoms with van der Waals surface area (Å²) < 4.78 is 0. The molecule has 0 amide bonds. The fraction of sp³-hybridized carbons (Fsp3) is 1.00. The molecule has 0 atom stereocenters. The predicted octanol–water partition coefficient (Wildman–Crippen LogP) is 0.263. The monoisotopic (exact) mass is 100 g/mol. The van der Waals surface area contributed by atoms with E-state index < -0.39 is 0 Å². The summed E-state index contributed by atoms with van der Waals surface area (Å²) >= 11 is 0. The van der Waals surface area contributed by atoms with Gasteiger partial charge in [-0.05, 0) is 19.9 Å². The molecule has 1 saturated carbocycles. The molecule has 0 aromatic carbocycles. The molecule has 2 nitrogen and oxygen atoms in total. The van der Waals surface area contributed by atoms with Crippen LogP contribution in [-0.4, -0.2) is 13.1 Å². The Hall–Kier alpha value is -0.0800. The Balaban J connectivity index is 1.93. The number of hydrogen-bond acceptors (Lipinski definition) is 2. The van der Waals surface area contributed by atoms with Crippen molar-refractivity contribution in [1.29, 1.82) is 0 Å². The summed E-state index contributed by atoms with van der Waals surface area (Å²) in [5, 5.41) is 0. The summed E-state index contributed by atoms with van der Waals surface area (Å²) in [6.07, 6.45) is 4.10. The molecule has 0 aliphatic heterocycles. The first-order valence-electron chi connectivity index (χ1n) is 2.86. The minimum Gasteiger partial charge on any atom is -0.261 e. The van der Waals surface area contributed by atoms with Gasteiger partial charge >= 0.3 is 0 Å². The number of rotatable bonds is 2. The standard InChI is InChI=1S/C5H12N2/c1-6-7-5-3-2-4-5/h5-7H,2-4H2,1H3. The molecule has 1 rings (SSSR count). The van der Waals surface area contributed by atoms with Crippen LogP contribution in [0.3, 0.4) is 0 Å². The van der Waals surface area contributed by atoms with E-state index in [-0.39, 0.29) is 0 Å². The van der Waals surface area contributed by atoms with E-state index in [0.29, 0.717) is 0 Å². The van der Waals surface area contributed by atoms with E-state index in [4.69, 9.17) is 0 Å². The summed E-state index contributed by atoms with van der Waals surface area (Å²) in [7, 11) is 1.92. The van der Waals surface area contributed by atoms with Crippen LogP contribution in [0.1, 0.15) is 19.3 Å². The number of nitrogens with one attached hydrogen (secondary N) is 2. The van der Waals surface area contributed by atoms with Gasteiger partial charge in [0.2, 0.25) is 0 Å². The van der Waals surface area contributed by atoms with Gasteiger partial charge in [0.1, 0.15) is 0 Å². The van der Waals surface area contributed by atoms with E-state index in [1.54, 1.807) is 0 Å². The van der Waals surface area contributed by atoms with Gasteiger partial charge in [-0.3, -0.25) is 10.9 Å². The molecule has 1 aliphatic rings. The molecule has 1 aliphatic carbocycles. The van der Waals surface area contributed by atoms with Crippen LogP contribution in [0.4, 0.5) is 0 Å². The van der Waals surface area contributed by atoms with Gasteiger partial charge < -0.3 is 0 Å². The maximum Gasteiger partial charge on any atom is 0.0212 e. The van der Waals surface area contributed by atoms with Crippen LogP contribution >= 0.6 is 0 Å². The molecule has 0 heterocycles. The van der Waals surface area contributed by atoms with Crippen molar-refractivity contribution < 1.29 is 0 Å². The largest absolute Gasteiger partial charge is 0.261 e. The van der Waals surface area contributed by atoms with Crippen LogP contribution in [0.25, 0.3) is 0 Å². The summed E-state index contributed by atoms with van der Waals surface area (Å²) in [4.78, 5) is 0. The zero-order valence-electron chi connectivity index (χ0n) is 4.70. The van der Waals surface area contributed by atoms with Gasteiger partial charge in [0, 0.05) is 6.04 Å². The Morgan fingerprint density at radius 1 is 1.43 bits per heavy atom. The lowest BCUT2D eigenvalue weighted by Gasteiger charge is -2.25. The van der Waals surface area contributed by atoms with Crippen molar-refractivity contribution in [2.24, 2.45) is 0 Å². The highest BCUT2D eigenvalue weighted by molar-refractivity contribution is 4.73. The Morgan fingerprint density at radius 3 is 2.29 bits per heavy atom. The van der Waals surface area contributed by atoms with Crippen molar-refractivity contribution in [3.05, 3.63) is 0 Å². The highest BCUT2D eigenvalue weighted by Gasteiger charge is 2.14. The molecule has 7 heavy (non-hydrogen) atoms. The first kappa shape index (κ1) is 5.06. The average molecular weight is 100 g/mol. The Labute approximate surface area is 44.3 Å². The van der Waals surface area contributed by atoms with Crippen molar-refractivity contribution in [3.8, 4) is 0 Å². The molecule has 0 radical (unpaired) electrons. The summed E-state index contributed by atoms with van der Waals surface area (Å²) in [5.41, 5.74) is 6.05. The minimum absolute atomic E-state index is 0.769. The smallest absolute Gasteiger partial charge is 0.0212 e. The predicted molar refractivity (Wildman–Crippen MR) is 29.8 cm³/mol. The minimum atomic E-state index is 0.769. The van der Waals surface area contributed by atoms with Gasteiger partial charge in [-0.25, -0.2) is 0 Å². The van der Waals surface area contributed by atoms with Crippen molar-refractivity contribution in [3.63, 3.8) is 0 Å². The van der Waals surface area contributed by atoms with E-state index in [0.717, 1.165) is 6.04 Å². The van der Waals surface area contributed by atoms with Crippen molar-refractivity contribution >= 4 is 0 Å². The highest BCUT2D eigenvalue weighted by atomic mass is 15.4. The van der Waals surface area contributed by atoms with E-state index in [9.17, 15) is 0 Å². The lowest BCUT2D eigenvalue weighted by molar-refractivity contribution is 0.313. The van der Waals surface area contributed by atoms with Gasteiger partial charge in [-0.15, -0.1) is 0 Å². The Morgan fingerprint density at radius 2 is 2.14 bits per heavy atom. The number of hydrogen-bond donors (Lipinski definition) is 2. The normalized spacial score (nSPS) is 21.9. The first-order chi connectivity index (χ1) is 3.43. The second-order valence-electron chi connectivity index (χ2n) is 2.02. The lowest BCUT2D eigenvalue weighted by atomic mass is 9.94. The lowest BCUT2D eigenvalue weighted by Crippen LogP contribution is -2.42. The molecule has 0 aromatic rings. The molecule has 1 fully saturated rings. The second kappa shape index (κ2) is 2.28. The van der Waals surface area contributed by atoms with Crippen LogP contribution in [0, 0.1) is 0 Å². The average Bonchev–Trinajstić information content (AvgIpc) is 1.55. The third kappa shape index (κ3) is 1.14. The molecule has 2 N–H and O–H groups in total. The zero-order valence-corrected chi connectivity index (χ0v) is 4.70. The van der Waals surface area contributed by atoms with E-state index in [1.807, 2.05) is 7.05 Å². The maximum atomic E-state index is 3.13. The van der Waals surface area contributed by atoms with Crippen LogP contribution in [-0.2, 0) is 0 Å². The van der Waals surface area contributed by atoms with Gasteiger partial charge in [0.25, 0.3) is 0 Å². The van der Waals surface area contributed by atoms with Gasteiger partial charge in [-0.2, -0.15) is 0 Å². The molecule has 2 heteroatoms. The van der Waals surface area contributed by atoms with E-state index in [2.05, 4.69) is 10.9 Å².